The predicted octanol–water partition coefficient (Wildman–Crippen LogP) is 0.812. The molecular weight excluding hydrogens is 192 g/mol. The molecular formula is C10H16N4O. The van der Waals surface area contributed by atoms with Gasteiger partial charge < -0.3 is 15.8 Å². The Morgan fingerprint density at radius 3 is 2.87 bits per heavy atom. The van der Waals surface area contributed by atoms with E-state index < -0.39 is 0 Å². The number of hydrogen-bond acceptors (Lipinski definition) is 4. The zero-order valence-electron chi connectivity index (χ0n) is 8.95. The molecule has 0 radical (unpaired) electrons. The summed E-state index contributed by atoms with van der Waals surface area (Å²) < 4.78 is 5.09. The Morgan fingerprint density at radius 1 is 1.67 bits per heavy atom. The van der Waals surface area contributed by atoms with E-state index in [0.29, 0.717) is 12.1 Å². The van der Waals surface area contributed by atoms with Gasteiger partial charge in [-0.15, -0.1) is 0 Å². The van der Waals surface area contributed by atoms with Gasteiger partial charge in [0.25, 0.3) is 0 Å². The summed E-state index contributed by atoms with van der Waals surface area (Å²) >= 11 is 0. The predicted molar refractivity (Wildman–Crippen MR) is 60.2 cm³/mol. The molecule has 1 rings (SSSR count). The number of amidine groups is 1. The third kappa shape index (κ3) is 3.55. The monoisotopic (exact) mass is 208 g/mol. The third-order valence-corrected chi connectivity index (χ3v) is 2.05. The minimum atomic E-state index is 0.0271. The molecule has 0 aliphatic carbocycles. The Balaban J connectivity index is 2.53. The lowest BCUT2D eigenvalue weighted by atomic mass is 10.2. The summed E-state index contributed by atoms with van der Waals surface area (Å²) in [7, 11) is 1.67. The number of methoxy groups -OCH3 is 1. The first-order valence-electron chi connectivity index (χ1n) is 4.70. The highest BCUT2D eigenvalue weighted by molar-refractivity contribution is 5.94. The number of nitrogens with zero attached hydrogens (tertiary/aromatic N) is 1. The number of aromatic nitrogens is 1. The van der Waals surface area contributed by atoms with Crippen molar-refractivity contribution in [2.45, 2.75) is 13.0 Å². The number of nitrogens with one attached hydrogen (secondary N) is 2. The van der Waals surface area contributed by atoms with Gasteiger partial charge in [-0.05, 0) is 19.1 Å². The lowest BCUT2D eigenvalue weighted by molar-refractivity contribution is 0.128. The number of hydrogen-bond donors (Lipinski definition) is 3. The zero-order chi connectivity index (χ0) is 11.3. The Hall–Kier alpha value is -1.62. The van der Waals surface area contributed by atoms with Crippen molar-refractivity contribution in [2.75, 3.05) is 19.0 Å². The first-order chi connectivity index (χ1) is 7.13. The fourth-order valence-corrected chi connectivity index (χ4v) is 0.989. The zero-order valence-corrected chi connectivity index (χ0v) is 8.95. The van der Waals surface area contributed by atoms with Crippen LogP contribution in [0.2, 0.25) is 0 Å². The van der Waals surface area contributed by atoms with Gasteiger partial charge in [0.15, 0.2) is 0 Å². The van der Waals surface area contributed by atoms with Gasteiger partial charge in [0.05, 0.1) is 6.10 Å². The highest BCUT2D eigenvalue weighted by Crippen LogP contribution is 2.04. The maximum absolute atomic E-state index is 7.20. The summed E-state index contributed by atoms with van der Waals surface area (Å²) in [6.07, 6.45) is 1.71. The summed E-state index contributed by atoms with van der Waals surface area (Å²) in [5.41, 5.74) is 5.94. The lowest BCUT2D eigenvalue weighted by Gasteiger charge is -2.11. The van der Waals surface area contributed by atoms with E-state index in [2.05, 4.69) is 10.3 Å². The Morgan fingerprint density at radius 2 is 2.40 bits per heavy atom. The molecule has 0 aliphatic heterocycles. The summed E-state index contributed by atoms with van der Waals surface area (Å²) in [6.45, 7) is 2.67. The quantitative estimate of drug-likeness (QED) is 0.494. The lowest BCUT2D eigenvalue weighted by Crippen LogP contribution is -2.19. The molecule has 5 nitrogen and oxygen atoms in total. The molecule has 0 saturated carbocycles. The smallest absolute Gasteiger partial charge is 0.126 e. The van der Waals surface area contributed by atoms with Gasteiger partial charge in [-0.1, -0.05) is 0 Å². The maximum atomic E-state index is 7.20. The Labute approximate surface area is 89.2 Å². The van der Waals surface area contributed by atoms with E-state index in [9.17, 15) is 0 Å². The van der Waals surface area contributed by atoms with E-state index in [-0.39, 0.29) is 11.9 Å². The summed E-state index contributed by atoms with van der Waals surface area (Å²) in [5.74, 6) is 0.781. The van der Waals surface area contributed by atoms with E-state index in [1.807, 2.05) is 6.92 Å². The van der Waals surface area contributed by atoms with E-state index in [1.54, 1.807) is 25.4 Å². The molecule has 0 fully saturated rings. The molecule has 0 spiro atoms. The van der Waals surface area contributed by atoms with Crippen LogP contribution < -0.4 is 11.1 Å². The third-order valence-electron chi connectivity index (χ3n) is 2.05. The van der Waals surface area contributed by atoms with Crippen LogP contribution in [0.25, 0.3) is 0 Å². The molecule has 0 saturated heterocycles. The number of rotatable bonds is 5. The number of nitrogen functional groups attached to an aromatic ring is 1. The van der Waals surface area contributed by atoms with E-state index in [0.717, 1.165) is 5.82 Å². The Bertz CT molecular complexity index is 323. The molecule has 0 bridgehead atoms. The topological polar surface area (TPSA) is 84.0 Å². The van der Waals surface area contributed by atoms with Crippen LogP contribution in [-0.4, -0.2) is 30.6 Å². The molecule has 1 aromatic heterocycles. The second kappa shape index (κ2) is 5.31. The number of ether oxygens (including phenoxy) is 1. The molecule has 82 valence electrons. The molecule has 1 heterocycles. The highest BCUT2D eigenvalue weighted by Gasteiger charge is 2.00. The maximum Gasteiger partial charge on any atom is 0.126 e. The standard InChI is InChI=1S/C10H16N4O/c1-7(15-2)5-13-9-4-3-8(6-14-9)10(11)12/h3-4,6-7H,5H2,1-2H3,(H3,11,12)(H,13,14). The molecule has 5 heteroatoms. The molecule has 4 N–H and O–H groups in total. The normalized spacial score (nSPS) is 12.1. The van der Waals surface area contributed by atoms with Crippen molar-refractivity contribution in [2.24, 2.45) is 5.73 Å². The van der Waals surface area contributed by atoms with Crippen LogP contribution in [0, 0.1) is 5.41 Å². The van der Waals surface area contributed by atoms with Gasteiger partial charge in [-0.25, -0.2) is 4.98 Å². The number of nitrogens with two attached hydrogens (primary N) is 1. The van der Waals surface area contributed by atoms with Crippen molar-refractivity contribution < 1.29 is 4.74 Å². The van der Waals surface area contributed by atoms with Gasteiger partial charge in [0.2, 0.25) is 0 Å². The van der Waals surface area contributed by atoms with Crippen LogP contribution in [0.4, 0.5) is 5.82 Å². The van der Waals surface area contributed by atoms with Crippen LogP contribution in [0.3, 0.4) is 0 Å². The van der Waals surface area contributed by atoms with Crippen LogP contribution in [0.15, 0.2) is 18.3 Å². The first kappa shape index (κ1) is 11.5. The second-order valence-corrected chi connectivity index (χ2v) is 3.27. The van der Waals surface area contributed by atoms with E-state index >= 15 is 0 Å². The van der Waals surface area contributed by atoms with E-state index in [1.165, 1.54) is 0 Å². The first-order valence-corrected chi connectivity index (χ1v) is 4.70. The van der Waals surface area contributed by atoms with Gasteiger partial charge in [-0.2, -0.15) is 0 Å². The van der Waals surface area contributed by atoms with Crippen LogP contribution >= 0.6 is 0 Å². The summed E-state index contributed by atoms with van der Waals surface area (Å²) in [5, 5.41) is 10.3. The largest absolute Gasteiger partial charge is 0.384 e. The van der Waals surface area contributed by atoms with Crippen molar-refractivity contribution >= 4 is 11.7 Å². The molecule has 15 heavy (non-hydrogen) atoms. The SMILES string of the molecule is COC(C)CNc1ccc(C(=N)N)cn1. The molecule has 1 unspecified atom stereocenters. The molecule has 0 aromatic carbocycles. The average Bonchev–Trinajstić information content (AvgIpc) is 2.26. The molecule has 0 amide bonds. The average molecular weight is 208 g/mol. The van der Waals surface area contributed by atoms with Gasteiger partial charge in [0, 0.05) is 25.4 Å². The van der Waals surface area contributed by atoms with Crippen molar-refractivity contribution in [3.63, 3.8) is 0 Å². The van der Waals surface area contributed by atoms with Gasteiger partial charge in [0.1, 0.15) is 11.7 Å². The fraction of sp³-hybridized carbons (Fsp3) is 0.400. The van der Waals surface area contributed by atoms with Crippen molar-refractivity contribution in [3.8, 4) is 0 Å². The van der Waals surface area contributed by atoms with Crippen LogP contribution in [0.5, 0.6) is 0 Å². The van der Waals surface area contributed by atoms with Crippen LogP contribution in [-0.2, 0) is 4.74 Å². The van der Waals surface area contributed by atoms with Crippen LogP contribution in [0.1, 0.15) is 12.5 Å². The molecule has 1 aromatic rings. The van der Waals surface area contributed by atoms with Crippen molar-refractivity contribution in [1.29, 1.82) is 5.41 Å². The van der Waals surface area contributed by atoms with Crippen molar-refractivity contribution in [3.05, 3.63) is 23.9 Å². The minimum absolute atomic E-state index is 0.0271. The van der Waals surface area contributed by atoms with Gasteiger partial charge in [-0.3, -0.25) is 5.41 Å². The minimum Gasteiger partial charge on any atom is -0.384 e. The Kier molecular flexibility index (Phi) is 4.05. The second-order valence-electron chi connectivity index (χ2n) is 3.27. The van der Waals surface area contributed by atoms with Crippen molar-refractivity contribution in [1.82, 2.24) is 4.98 Å². The summed E-state index contributed by atoms with van der Waals surface area (Å²) in [6, 6.07) is 3.55. The molecule has 0 aliphatic rings. The number of pyridine rings is 1. The highest BCUT2D eigenvalue weighted by atomic mass is 16.5. The molecule has 1 atom stereocenters. The number of anilines is 1. The van der Waals surface area contributed by atoms with E-state index in [4.69, 9.17) is 15.9 Å². The summed E-state index contributed by atoms with van der Waals surface area (Å²) in [4.78, 5) is 4.12. The fourth-order valence-electron chi connectivity index (χ4n) is 0.989. The van der Waals surface area contributed by atoms with Gasteiger partial charge >= 0.3 is 0 Å².